The summed E-state index contributed by atoms with van der Waals surface area (Å²) in [6.07, 6.45) is 0. The predicted octanol–water partition coefficient (Wildman–Crippen LogP) is 2.68. The van der Waals surface area contributed by atoms with E-state index in [0.717, 1.165) is 4.47 Å². The molecule has 0 spiro atoms. The molecule has 1 aromatic carbocycles. The summed E-state index contributed by atoms with van der Waals surface area (Å²) < 4.78 is 4.12. The van der Waals surface area contributed by atoms with Gasteiger partial charge in [0.05, 0.1) is 0 Å². The first-order valence-electron chi connectivity index (χ1n) is 2.92. The average molecular weight is 218 g/mol. The van der Waals surface area contributed by atoms with Crippen LogP contribution in [0.2, 0.25) is 0 Å². The van der Waals surface area contributed by atoms with Gasteiger partial charge in [0.1, 0.15) is 0 Å². The smallest absolute Gasteiger partial charge is 0.0228 e. The fourth-order valence-electron chi connectivity index (χ4n) is 0.620. The minimum Gasteiger partial charge on any atom is -0.263 e. The summed E-state index contributed by atoms with van der Waals surface area (Å²) in [5.41, 5.74) is 0. The lowest BCUT2D eigenvalue weighted by Crippen LogP contribution is -1.89. The number of nitrogens with one attached hydrogen (secondary N) is 1. The van der Waals surface area contributed by atoms with Crippen LogP contribution in [0.5, 0.6) is 0 Å². The standard InChI is InChI=1S/C7H8BrNS/c1-9-10-7-4-2-6(8)3-5-7/h2-5,9H,1H3. The SMILES string of the molecule is CNSc1ccc(Br)cc1. The lowest BCUT2D eigenvalue weighted by atomic mass is 10.4. The first-order valence-corrected chi connectivity index (χ1v) is 4.53. The van der Waals surface area contributed by atoms with E-state index in [0.29, 0.717) is 0 Å². The lowest BCUT2D eigenvalue weighted by molar-refractivity contribution is 1.27. The van der Waals surface area contributed by atoms with E-state index in [9.17, 15) is 0 Å². The van der Waals surface area contributed by atoms with Gasteiger partial charge in [-0.3, -0.25) is 4.72 Å². The molecule has 0 amide bonds. The van der Waals surface area contributed by atoms with Crippen LogP contribution in [0.1, 0.15) is 0 Å². The molecule has 0 unspecified atom stereocenters. The van der Waals surface area contributed by atoms with Crippen molar-refractivity contribution in [1.29, 1.82) is 0 Å². The fourth-order valence-corrected chi connectivity index (χ4v) is 1.39. The van der Waals surface area contributed by atoms with Crippen LogP contribution < -0.4 is 4.72 Å². The quantitative estimate of drug-likeness (QED) is 0.766. The molecule has 1 rings (SSSR count). The molecule has 0 aliphatic heterocycles. The molecule has 0 aliphatic rings. The monoisotopic (exact) mass is 217 g/mol. The van der Waals surface area contributed by atoms with E-state index in [2.05, 4.69) is 32.8 Å². The molecule has 0 atom stereocenters. The summed E-state index contributed by atoms with van der Waals surface area (Å²) in [5, 5.41) is 0. The highest BCUT2D eigenvalue weighted by atomic mass is 79.9. The number of rotatable bonds is 2. The van der Waals surface area contributed by atoms with Crippen LogP contribution in [-0.4, -0.2) is 7.05 Å². The number of halogens is 1. The number of hydrogen-bond acceptors (Lipinski definition) is 2. The largest absolute Gasteiger partial charge is 0.263 e. The van der Waals surface area contributed by atoms with Crippen molar-refractivity contribution in [2.75, 3.05) is 7.05 Å². The molecule has 0 fully saturated rings. The molecular formula is C7H8BrNS. The number of benzene rings is 1. The topological polar surface area (TPSA) is 12.0 Å². The highest BCUT2D eigenvalue weighted by Gasteiger charge is 1.89. The molecule has 54 valence electrons. The second-order valence-electron chi connectivity index (χ2n) is 1.76. The average Bonchev–Trinajstić information content (AvgIpc) is 1.95. The van der Waals surface area contributed by atoms with E-state index in [1.807, 2.05) is 19.2 Å². The van der Waals surface area contributed by atoms with Gasteiger partial charge >= 0.3 is 0 Å². The molecule has 0 aromatic heterocycles. The van der Waals surface area contributed by atoms with Crippen molar-refractivity contribution >= 4 is 27.9 Å². The summed E-state index contributed by atoms with van der Waals surface area (Å²) in [4.78, 5) is 1.23. The summed E-state index contributed by atoms with van der Waals surface area (Å²) in [5.74, 6) is 0. The summed E-state index contributed by atoms with van der Waals surface area (Å²) in [6.45, 7) is 0. The second kappa shape index (κ2) is 4.01. The van der Waals surface area contributed by atoms with Crippen molar-refractivity contribution < 1.29 is 0 Å². The molecule has 1 aromatic rings. The maximum atomic E-state index is 3.37. The van der Waals surface area contributed by atoms with Crippen molar-refractivity contribution in [3.8, 4) is 0 Å². The van der Waals surface area contributed by atoms with Crippen molar-refractivity contribution in [1.82, 2.24) is 4.72 Å². The first-order chi connectivity index (χ1) is 4.83. The third kappa shape index (κ3) is 2.33. The van der Waals surface area contributed by atoms with Crippen LogP contribution in [-0.2, 0) is 0 Å². The third-order valence-electron chi connectivity index (χ3n) is 1.03. The Morgan fingerprint density at radius 3 is 2.40 bits per heavy atom. The van der Waals surface area contributed by atoms with E-state index in [1.54, 1.807) is 11.9 Å². The minimum absolute atomic E-state index is 1.12. The molecular weight excluding hydrogens is 210 g/mol. The molecule has 0 saturated heterocycles. The van der Waals surface area contributed by atoms with Gasteiger partial charge in [-0.25, -0.2) is 0 Å². The molecule has 3 heteroatoms. The zero-order valence-electron chi connectivity index (χ0n) is 5.60. The fraction of sp³-hybridized carbons (Fsp3) is 0.143. The Morgan fingerprint density at radius 1 is 1.30 bits per heavy atom. The normalized spacial score (nSPS) is 9.80. The van der Waals surface area contributed by atoms with Gasteiger partial charge < -0.3 is 0 Å². The Hall–Kier alpha value is 0.01000. The first kappa shape index (κ1) is 8.11. The Bertz CT molecular complexity index is 197. The van der Waals surface area contributed by atoms with Gasteiger partial charge in [0, 0.05) is 9.37 Å². The van der Waals surface area contributed by atoms with Crippen molar-refractivity contribution in [2.24, 2.45) is 0 Å². The molecule has 10 heavy (non-hydrogen) atoms. The van der Waals surface area contributed by atoms with Gasteiger partial charge in [-0.1, -0.05) is 15.9 Å². The van der Waals surface area contributed by atoms with Crippen molar-refractivity contribution in [2.45, 2.75) is 4.90 Å². The zero-order valence-corrected chi connectivity index (χ0v) is 8.00. The van der Waals surface area contributed by atoms with Crippen molar-refractivity contribution in [3.05, 3.63) is 28.7 Å². The Balaban J connectivity index is 2.69. The summed E-state index contributed by atoms with van der Waals surface area (Å²) in [6, 6.07) is 8.18. The van der Waals surface area contributed by atoms with Gasteiger partial charge in [0.2, 0.25) is 0 Å². The van der Waals surface area contributed by atoms with Crippen LogP contribution in [0.4, 0.5) is 0 Å². The Morgan fingerprint density at radius 2 is 1.90 bits per heavy atom. The maximum Gasteiger partial charge on any atom is 0.0228 e. The van der Waals surface area contributed by atoms with Gasteiger partial charge in [-0.05, 0) is 43.3 Å². The van der Waals surface area contributed by atoms with Gasteiger partial charge in [0.25, 0.3) is 0 Å². The molecule has 1 N–H and O–H groups in total. The lowest BCUT2D eigenvalue weighted by Gasteiger charge is -1.96. The van der Waals surface area contributed by atoms with E-state index < -0.39 is 0 Å². The molecule has 0 radical (unpaired) electrons. The van der Waals surface area contributed by atoms with Gasteiger partial charge in [-0.15, -0.1) is 0 Å². The van der Waals surface area contributed by atoms with E-state index in [-0.39, 0.29) is 0 Å². The predicted molar refractivity (Wildman–Crippen MR) is 49.1 cm³/mol. The zero-order chi connectivity index (χ0) is 7.40. The molecule has 0 aliphatic carbocycles. The van der Waals surface area contributed by atoms with Gasteiger partial charge in [0.15, 0.2) is 0 Å². The van der Waals surface area contributed by atoms with Crippen LogP contribution in [0.25, 0.3) is 0 Å². The van der Waals surface area contributed by atoms with E-state index >= 15 is 0 Å². The highest BCUT2D eigenvalue weighted by molar-refractivity contribution is 9.10. The second-order valence-corrected chi connectivity index (χ2v) is 3.76. The van der Waals surface area contributed by atoms with Crippen LogP contribution >= 0.6 is 27.9 Å². The van der Waals surface area contributed by atoms with E-state index in [4.69, 9.17) is 0 Å². The summed E-state index contributed by atoms with van der Waals surface area (Å²) in [7, 11) is 1.91. The molecule has 1 nitrogen and oxygen atoms in total. The van der Waals surface area contributed by atoms with E-state index in [1.165, 1.54) is 4.90 Å². The van der Waals surface area contributed by atoms with Crippen LogP contribution in [0.3, 0.4) is 0 Å². The molecule has 0 heterocycles. The van der Waals surface area contributed by atoms with Crippen LogP contribution in [0.15, 0.2) is 33.6 Å². The maximum absolute atomic E-state index is 3.37. The summed E-state index contributed by atoms with van der Waals surface area (Å²) >= 11 is 4.98. The molecule has 0 saturated carbocycles. The van der Waals surface area contributed by atoms with Crippen LogP contribution in [0, 0.1) is 0 Å². The third-order valence-corrected chi connectivity index (χ3v) is 2.27. The number of hydrogen-bond donors (Lipinski definition) is 1. The van der Waals surface area contributed by atoms with Gasteiger partial charge in [-0.2, -0.15) is 0 Å². The molecule has 0 bridgehead atoms. The Labute approximate surface area is 73.5 Å². The highest BCUT2D eigenvalue weighted by Crippen LogP contribution is 2.17. The minimum atomic E-state index is 1.12. The Kier molecular flexibility index (Phi) is 3.25. The van der Waals surface area contributed by atoms with Crippen molar-refractivity contribution in [3.63, 3.8) is 0 Å².